The minimum absolute atomic E-state index is 0.379. The van der Waals surface area contributed by atoms with E-state index in [0.717, 1.165) is 30.6 Å². The van der Waals surface area contributed by atoms with Gasteiger partial charge in [0, 0.05) is 13.1 Å². The quantitative estimate of drug-likeness (QED) is 0.858. The second-order valence-electron chi connectivity index (χ2n) is 5.44. The number of hydrogen-bond acceptors (Lipinski definition) is 3. The molecule has 20 heavy (non-hydrogen) atoms. The monoisotopic (exact) mass is 297 g/mol. The fourth-order valence-corrected chi connectivity index (χ4v) is 4.35. The van der Waals surface area contributed by atoms with Crippen LogP contribution in [0.5, 0.6) is 5.75 Å². The maximum absolute atomic E-state index is 12.7. The van der Waals surface area contributed by atoms with Crippen molar-refractivity contribution >= 4 is 10.0 Å². The number of hydrogen-bond donors (Lipinski definition) is 0. The SMILES string of the molecule is CCc1cc(S(=O)(=O)N2CCC[C@@H](C)C2)ccc1OC. The molecular weight excluding hydrogens is 274 g/mol. The number of methoxy groups -OCH3 is 1. The lowest BCUT2D eigenvalue weighted by atomic mass is 10.0. The van der Waals surface area contributed by atoms with Crippen molar-refractivity contribution < 1.29 is 13.2 Å². The summed E-state index contributed by atoms with van der Waals surface area (Å²) in [5.74, 6) is 1.18. The second-order valence-corrected chi connectivity index (χ2v) is 7.38. The van der Waals surface area contributed by atoms with Crippen LogP contribution < -0.4 is 4.74 Å². The molecule has 0 bridgehead atoms. The Morgan fingerprint density at radius 1 is 1.40 bits per heavy atom. The van der Waals surface area contributed by atoms with E-state index < -0.39 is 10.0 Å². The average Bonchev–Trinajstić information content (AvgIpc) is 2.46. The summed E-state index contributed by atoms with van der Waals surface area (Å²) in [6.45, 7) is 5.35. The lowest BCUT2D eigenvalue weighted by Crippen LogP contribution is -2.39. The van der Waals surface area contributed by atoms with Crippen LogP contribution in [-0.4, -0.2) is 32.9 Å². The molecule has 0 unspecified atom stereocenters. The first-order valence-electron chi connectivity index (χ1n) is 7.16. The van der Waals surface area contributed by atoms with Crippen molar-refractivity contribution in [2.75, 3.05) is 20.2 Å². The van der Waals surface area contributed by atoms with Gasteiger partial charge in [0.15, 0.2) is 0 Å². The predicted octanol–water partition coefficient (Wildman–Crippen LogP) is 2.68. The summed E-state index contributed by atoms with van der Waals surface area (Å²) in [7, 11) is -1.77. The summed E-state index contributed by atoms with van der Waals surface area (Å²) in [5.41, 5.74) is 0.929. The van der Waals surface area contributed by atoms with Crippen LogP contribution in [0.4, 0.5) is 0 Å². The molecule has 1 aliphatic heterocycles. The largest absolute Gasteiger partial charge is 0.496 e. The summed E-state index contributed by atoms with van der Waals surface area (Å²) in [6.07, 6.45) is 2.80. The summed E-state index contributed by atoms with van der Waals surface area (Å²) in [6, 6.07) is 5.14. The molecule has 0 N–H and O–H groups in total. The molecule has 1 aliphatic rings. The maximum atomic E-state index is 12.7. The van der Waals surface area contributed by atoms with E-state index in [1.165, 1.54) is 0 Å². The number of nitrogens with zero attached hydrogens (tertiary/aromatic N) is 1. The number of piperidine rings is 1. The van der Waals surface area contributed by atoms with Gasteiger partial charge in [0.1, 0.15) is 5.75 Å². The van der Waals surface area contributed by atoms with Gasteiger partial charge >= 0.3 is 0 Å². The third-order valence-corrected chi connectivity index (χ3v) is 5.75. The second kappa shape index (κ2) is 6.14. The smallest absolute Gasteiger partial charge is 0.243 e. The van der Waals surface area contributed by atoms with Crippen molar-refractivity contribution in [3.63, 3.8) is 0 Å². The van der Waals surface area contributed by atoms with Gasteiger partial charge in [-0.1, -0.05) is 13.8 Å². The highest BCUT2D eigenvalue weighted by molar-refractivity contribution is 7.89. The van der Waals surface area contributed by atoms with E-state index in [9.17, 15) is 8.42 Å². The van der Waals surface area contributed by atoms with E-state index in [4.69, 9.17) is 4.74 Å². The Labute approximate surface area is 121 Å². The number of aryl methyl sites for hydroxylation is 1. The number of sulfonamides is 1. The molecule has 0 saturated carbocycles. The Balaban J connectivity index is 2.34. The molecule has 0 aliphatic carbocycles. The van der Waals surface area contributed by atoms with Crippen LogP contribution in [0.1, 0.15) is 32.3 Å². The Bertz CT molecular complexity index is 568. The molecule has 5 heteroatoms. The maximum Gasteiger partial charge on any atom is 0.243 e. The number of ether oxygens (including phenoxy) is 1. The Morgan fingerprint density at radius 2 is 2.15 bits per heavy atom. The van der Waals surface area contributed by atoms with E-state index in [0.29, 0.717) is 23.9 Å². The predicted molar refractivity (Wildman–Crippen MR) is 79.5 cm³/mol. The van der Waals surface area contributed by atoms with Gasteiger partial charge in [-0.15, -0.1) is 0 Å². The minimum atomic E-state index is -3.37. The average molecular weight is 297 g/mol. The van der Waals surface area contributed by atoms with Crippen LogP contribution in [0.3, 0.4) is 0 Å². The number of rotatable bonds is 4. The molecule has 112 valence electrons. The minimum Gasteiger partial charge on any atom is -0.496 e. The summed E-state index contributed by atoms with van der Waals surface area (Å²) < 4.78 is 32.2. The van der Waals surface area contributed by atoms with E-state index in [1.807, 2.05) is 6.92 Å². The molecule has 1 heterocycles. The lowest BCUT2D eigenvalue weighted by molar-refractivity contribution is 0.281. The standard InChI is InChI=1S/C15H23NO3S/c1-4-13-10-14(7-8-15(13)19-3)20(17,18)16-9-5-6-12(2)11-16/h7-8,10,12H,4-6,9,11H2,1-3H3/t12-/m1/s1. The van der Waals surface area contributed by atoms with Crippen LogP contribution in [0.25, 0.3) is 0 Å². The Hall–Kier alpha value is -1.07. The van der Waals surface area contributed by atoms with Gasteiger partial charge in [-0.2, -0.15) is 4.31 Å². The topological polar surface area (TPSA) is 46.6 Å². The van der Waals surface area contributed by atoms with Crippen molar-refractivity contribution in [2.24, 2.45) is 5.92 Å². The van der Waals surface area contributed by atoms with E-state index in [-0.39, 0.29) is 0 Å². The number of benzene rings is 1. The molecule has 0 spiro atoms. The van der Waals surface area contributed by atoms with Crippen molar-refractivity contribution in [1.82, 2.24) is 4.31 Å². The summed E-state index contributed by atoms with van der Waals surface area (Å²) >= 11 is 0. The first-order valence-corrected chi connectivity index (χ1v) is 8.60. The van der Waals surface area contributed by atoms with Gasteiger partial charge in [0.05, 0.1) is 12.0 Å². The highest BCUT2D eigenvalue weighted by Crippen LogP contribution is 2.27. The van der Waals surface area contributed by atoms with Gasteiger partial charge < -0.3 is 4.74 Å². The molecule has 0 amide bonds. The van der Waals surface area contributed by atoms with Crippen LogP contribution in [0.2, 0.25) is 0 Å². The van der Waals surface area contributed by atoms with Crippen LogP contribution in [-0.2, 0) is 16.4 Å². The molecule has 1 aromatic rings. The molecule has 1 fully saturated rings. The van der Waals surface area contributed by atoms with Crippen molar-refractivity contribution in [1.29, 1.82) is 0 Å². The van der Waals surface area contributed by atoms with E-state index >= 15 is 0 Å². The van der Waals surface area contributed by atoms with Gasteiger partial charge in [-0.3, -0.25) is 0 Å². The van der Waals surface area contributed by atoms with Crippen molar-refractivity contribution in [2.45, 2.75) is 38.0 Å². The van der Waals surface area contributed by atoms with Crippen molar-refractivity contribution in [3.05, 3.63) is 23.8 Å². The zero-order valence-electron chi connectivity index (χ0n) is 12.4. The fraction of sp³-hybridized carbons (Fsp3) is 0.600. The highest BCUT2D eigenvalue weighted by Gasteiger charge is 2.29. The zero-order valence-corrected chi connectivity index (χ0v) is 13.2. The molecule has 1 atom stereocenters. The molecule has 2 rings (SSSR count). The van der Waals surface area contributed by atoms with Crippen LogP contribution in [0, 0.1) is 5.92 Å². The van der Waals surface area contributed by atoms with E-state index in [1.54, 1.807) is 29.6 Å². The van der Waals surface area contributed by atoms with Gasteiger partial charge in [-0.25, -0.2) is 8.42 Å². The first kappa shape index (κ1) is 15.3. The Kier molecular flexibility index (Phi) is 4.70. The zero-order chi connectivity index (χ0) is 14.8. The Morgan fingerprint density at radius 3 is 2.75 bits per heavy atom. The summed E-state index contributed by atoms with van der Waals surface area (Å²) in [5, 5.41) is 0. The normalized spacial score (nSPS) is 20.9. The van der Waals surface area contributed by atoms with Gasteiger partial charge in [-0.05, 0) is 48.9 Å². The van der Waals surface area contributed by atoms with E-state index in [2.05, 4.69) is 6.92 Å². The molecular formula is C15H23NO3S. The molecule has 0 radical (unpaired) electrons. The third kappa shape index (κ3) is 2.99. The highest BCUT2D eigenvalue weighted by atomic mass is 32.2. The molecule has 0 aromatic heterocycles. The van der Waals surface area contributed by atoms with Crippen LogP contribution in [0.15, 0.2) is 23.1 Å². The van der Waals surface area contributed by atoms with Gasteiger partial charge in [0.2, 0.25) is 10.0 Å². The summed E-state index contributed by atoms with van der Waals surface area (Å²) in [4.78, 5) is 0.379. The van der Waals surface area contributed by atoms with Crippen LogP contribution >= 0.6 is 0 Å². The third-order valence-electron chi connectivity index (χ3n) is 3.89. The molecule has 1 saturated heterocycles. The van der Waals surface area contributed by atoms with Crippen molar-refractivity contribution in [3.8, 4) is 5.75 Å². The molecule has 1 aromatic carbocycles. The lowest BCUT2D eigenvalue weighted by Gasteiger charge is -2.30. The first-order chi connectivity index (χ1) is 9.48. The fourth-order valence-electron chi connectivity index (χ4n) is 2.71. The molecule has 4 nitrogen and oxygen atoms in total. The van der Waals surface area contributed by atoms with Gasteiger partial charge in [0.25, 0.3) is 0 Å².